The zero-order valence-corrected chi connectivity index (χ0v) is 15.6. The average molecular weight is 390 g/mol. The van der Waals surface area contributed by atoms with E-state index in [4.69, 9.17) is 11.6 Å². The highest BCUT2D eigenvalue weighted by molar-refractivity contribution is 6.33. The molecule has 5 nitrogen and oxygen atoms in total. The highest BCUT2D eigenvalue weighted by atomic mass is 35.5. The van der Waals surface area contributed by atoms with Crippen LogP contribution in [-0.2, 0) is 11.3 Å². The SMILES string of the molecule is O=C(Cn1c(=O)nc(-c2ccccc2)c2ccccc21)Nc1ccccc1Cl. The zero-order chi connectivity index (χ0) is 19.5. The van der Waals surface area contributed by atoms with E-state index in [2.05, 4.69) is 10.3 Å². The van der Waals surface area contributed by atoms with Gasteiger partial charge in [-0.3, -0.25) is 9.36 Å². The van der Waals surface area contributed by atoms with Gasteiger partial charge >= 0.3 is 5.69 Å². The van der Waals surface area contributed by atoms with E-state index in [1.165, 1.54) is 4.57 Å². The number of benzene rings is 3. The number of nitrogens with one attached hydrogen (secondary N) is 1. The first-order valence-corrected chi connectivity index (χ1v) is 9.10. The number of rotatable bonds is 4. The minimum atomic E-state index is -0.480. The van der Waals surface area contributed by atoms with Crippen molar-refractivity contribution < 1.29 is 4.79 Å². The van der Waals surface area contributed by atoms with Gasteiger partial charge in [0.05, 0.1) is 21.9 Å². The Balaban J connectivity index is 1.74. The van der Waals surface area contributed by atoms with Crippen LogP contribution in [0, 0.1) is 0 Å². The van der Waals surface area contributed by atoms with Gasteiger partial charge in [0.1, 0.15) is 6.54 Å². The van der Waals surface area contributed by atoms with Gasteiger partial charge in [-0.2, -0.15) is 4.98 Å². The summed E-state index contributed by atoms with van der Waals surface area (Å²) in [6.45, 7) is -0.160. The number of fused-ring (bicyclic) bond motifs is 1. The van der Waals surface area contributed by atoms with E-state index in [0.29, 0.717) is 21.9 Å². The number of hydrogen-bond acceptors (Lipinski definition) is 3. The Morgan fingerprint density at radius 1 is 0.929 bits per heavy atom. The van der Waals surface area contributed by atoms with Crippen LogP contribution in [0.5, 0.6) is 0 Å². The summed E-state index contributed by atoms with van der Waals surface area (Å²) in [6.07, 6.45) is 0. The molecule has 4 rings (SSSR count). The van der Waals surface area contributed by atoms with E-state index < -0.39 is 5.69 Å². The summed E-state index contributed by atoms with van der Waals surface area (Å²) >= 11 is 6.09. The van der Waals surface area contributed by atoms with Crippen molar-refractivity contribution >= 4 is 34.1 Å². The van der Waals surface area contributed by atoms with Gasteiger partial charge in [-0.25, -0.2) is 4.79 Å². The Morgan fingerprint density at radius 2 is 1.61 bits per heavy atom. The van der Waals surface area contributed by atoms with Gasteiger partial charge in [0.15, 0.2) is 0 Å². The Bertz CT molecular complexity index is 1220. The van der Waals surface area contributed by atoms with Crippen molar-refractivity contribution in [3.8, 4) is 11.3 Å². The van der Waals surface area contributed by atoms with Crippen molar-refractivity contribution in [2.75, 3.05) is 5.32 Å². The molecule has 0 aliphatic heterocycles. The molecule has 0 bridgehead atoms. The van der Waals surface area contributed by atoms with Crippen molar-refractivity contribution in [3.05, 3.63) is 94.4 Å². The van der Waals surface area contributed by atoms with Gasteiger partial charge in [0.2, 0.25) is 5.91 Å². The van der Waals surface area contributed by atoms with Gasteiger partial charge < -0.3 is 5.32 Å². The van der Waals surface area contributed by atoms with Crippen molar-refractivity contribution in [1.29, 1.82) is 0 Å². The molecule has 6 heteroatoms. The molecule has 1 heterocycles. The second kappa shape index (κ2) is 7.66. The first-order valence-electron chi connectivity index (χ1n) is 8.73. The number of nitrogens with zero attached hydrogens (tertiary/aromatic N) is 2. The normalized spacial score (nSPS) is 10.8. The Kier molecular flexibility index (Phi) is 4.91. The molecule has 138 valence electrons. The molecule has 4 aromatic rings. The third kappa shape index (κ3) is 3.52. The van der Waals surface area contributed by atoms with E-state index in [-0.39, 0.29) is 12.5 Å². The molecule has 0 fully saturated rings. The van der Waals surface area contributed by atoms with E-state index in [0.717, 1.165) is 10.9 Å². The fraction of sp³-hybridized carbons (Fsp3) is 0.0455. The number of halogens is 1. The van der Waals surface area contributed by atoms with Crippen LogP contribution in [0.4, 0.5) is 5.69 Å². The molecule has 0 aliphatic carbocycles. The Labute approximate surface area is 166 Å². The maximum absolute atomic E-state index is 12.7. The number of hydrogen-bond donors (Lipinski definition) is 1. The van der Waals surface area contributed by atoms with Crippen LogP contribution in [0.1, 0.15) is 0 Å². The summed E-state index contributed by atoms with van der Waals surface area (Å²) in [4.78, 5) is 29.5. The highest BCUT2D eigenvalue weighted by Crippen LogP contribution is 2.25. The Morgan fingerprint density at radius 3 is 2.39 bits per heavy atom. The molecule has 0 unspecified atom stereocenters. The lowest BCUT2D eigenvalue weighted by Gasteiger charge is -2.13. The summed E-state index contributed by atoms with van der Waals surface area (Å²) in [5, 5.41) is 3.98. The Hall–Kier alpha value is -3.44. The van der Waals surface area contributed by atoms with Crippen LogP contribution >= 0.6 is 11.6 Å². The summed E-state index contributed by atoms with van der Waals surface area (Å²) in [6, 6.07) is 23.9. The fourth-order valence-electron chi connectivity index (χ4n) is 3.09. The van der Waals surface area contributed by atoms with Crippen molar-refractivity contribution in [2.24, 2.45) is 0 Å². The van der Waals surface area contributed by atoms with E-state index in [1.807, 2.05) is 54.6 Å². The van der Waals surface area contributed by atoms with E-state index in [1.54, 1.807) is 24.3 Å². The van der Waals surface area contributed by atoms with Crippen LogP contribution in [0.2, 0.25) is 5.02 Å². The standard InChI is InChI=1S/C22H16ClN3O2/c23-17-11-5-6-12-18(17)24-20(27)14-26-19-13-7-4-10-16(19)21(25-22(26)28)15-8-2-1-3-9-15/h1-13H,14H2,(H,24,27). The minimum Gasteiger partial charge on any atom is -0.323 e. The molecule has 0 atom stereocenters. The number of amides is 1. The molecule has 1 N–H and O–H groups in total. The van der Waals surface area contributed by atoms with Crippen LogP contribution in [0.3, 0.4) is 0 Å². The van der Waals surface area contributed by atoms with Gasteiger partial charge in [-0.1, -0.05) is 72.3 Å². The molecule has 3 aromatic carbocycles. The predicted molar refractivity (Wildman–Crippen MR) is 112 cm³/mol. The fourth-order valence-corrected chi connectivity index (χ4v) is 3.28. The summed E-state index contributed by atoms with van der Waals surface area (Å²) in [5.74, 6) is -0.352. The molecule has 0 saturated carbocycles. The molecule has 0 spiro atoms. The maximum Gasteiger partial charge on any atom is 0.349 e. The van der Waals surface area contributed by atoms with Crippen LogP contribution in [0.25, 0.3) is 22.2 Å². The maximum atomic E-state index is 12.7. The summed E-state index contributed by atoms with van der Waals surface area (Å²) in [5.41, 5.74) is 2.12. The van der Waals surface area contributed by atoms with Gasteiger partial charge in [-0.15, -0.1) is 0 Å². The monoisotopic (exact) mass is 389 g/mol. The number of carbonyl (C=O) groups is 1. The van der Waals surface area contributed by atoms with Crippen LogP contribution in [-0.4, -0.2) is 15.5 Å². The number of para-hydroxylation sites is 2. The lowest BCUT2D eigenvalue weighted by molar-refractivity contribution is -0.116. The first-order chi connectivity index (χ1) is 13.6. The second-order valence-corrected chi connectivity index (χ2v) is 6.65. The van der Waals surface area contributed by atoms with Gasteiger partial charge in [0, 0.05) is 10.9 Å². The number of carbonyl (C=O) groups excluding carboxylic acids is 1. The third-order valence-electron chi connectivity index (χ3n) is 4.39. The molecule has 0 radical (unpaired) electrons. The van der Waals surface area contributed by atoms with E-state index >= 15 is 0 Å². The van der Waals surface area contributed by atoms with Gasteiger partial charge in [-0.05, 0) is 18.2 Å². The molecule has 28 heavy (non-hydrogen) atoms. The molecular weight excluding hydrogens is 374 g/mol. The predicted octanol–water partition coefficient (Wildman–Crippen LogP) is 4.36. The van der Waals surface area contributed by atoms with Crippen molar-refractivity contribution in [3.63, 3.8) is 0 Å². The first kappa shape index (κ1) is 17.9. The number of anilines is 1. The zero-order valence-electron chi connectivity index (χ0n) is 14.8. The van der Waals surface area contributed by atoms with Crippen LogP contribution in [0.15, 0.2) is 83.7 Å². The van der Waals surface area contributed by atoms with Crippen molar-refractivity contribution in [1.82, 2.24) is 9.55 Å². The number of aromatic nitrogens is 2. The smallest absolute Gasteiger partial charge is 0.323 e. The molecule has 0 aliphatic rings. The van der Waals surface area contributed by atoms with E-state index in [9.17, 15) is 9.59 Å². The second-order valence-electron chi connectivity index (χ2n) is 6.24. The average Bonchev–Trinajstić information content (AvgIpc) is 2.72. The lowest BCUT2D eigenvalue weighted by atomic mass is 10.1. The molecule has 1 amide bonds. The molecular formula is C22H16ClN3O2. The van der Waals surface area contributed by atoms with Crippen molar-refractivity contribution in [2.45, 2.75) is 6.54 Å². The lowest BCUT2D eigenvalue weighted by Crippen LogP contribution is -2.30. The quantitative estimate of drug-likeness (QED) is 0.564. The summed E-state index contributed by atoms with van der Waals surface area (Å²) in [7, 11) is 0. The molecule has 0 saturated heterocycles. The minimum absolute atomic E-state index is 0.160. The topological polar surface area (TPSA) is 64.0 Å². The largest absolute Gasteiger partial charge is 0.349 e. The van der Waals surface area contributed by atoms with Crippen LogP contribution < -0.4 is 11.0 Å². The highest BCUT2D eigenvalue weighted by Gasteiger charge is 2.14. The molecule has 1 aromatic heterocycles. The third-order valence-corrected chi connectivity index (χ3v) is 4.71. The summed E-state index contributed by atoms with van der Waals surface area (Å²) < 4.78 is 1.37. The van der Waals surface area contributed by atoms with Gasteiger partial charge in [0.25, 0.3) is 0 Å².